The van der Waals surface area contributed by atoms with E-state index in [2.05, 4.69) is 30.3 Å². The number of fused-ring (bicyclic) bond motifs is 1. The Kier molecular flexibility index (Phi) is 5.44. The topological polar surface area (TPSA) is 46.9 Å². The summed E-state index contributed by atoms with van der Waals surface area (Å²) in [6.07, 6.45) is 6.00. The molecule has 0 saturated heterocycles. The van der Waals surface area contributed by atoms with Crippen molar-refractivity contribution in [3.8, 4) is 0 Å². The van der Waals surface area contributed by atoms with Crippen molar-refractivity contribution in [1.82, 2.24) is 9.66 Å². The van der Waals surface area contributed by atoms with Gasteiger partial charge in [-0.15, -0.1) is 0 Å². The van der Waals surface area contributed by atoms with Crippen LogP contribution in [-0.2, 0) is 11.2 Å². The zero-order valence-corrected chi connectivity index (χ0v) is 13.4. The lowest BCUT2D eigenvalue weighted by molar-refractivity contribution is -0.117. The van der Waals surface area contributed by atoms with Gasteiger partial charge in [0.15, 0.2) is 5.65 Å². The first-order chi connectivity index (χ1) is 10.2. The number of pyridine rings is 2. The molecule has 1 amide bonds. The highest BCUT2D eigenvalue weighted by Crippen LogP contribution is 2.16. The van der Waals surface area contributed by atoms with Crippen LogP contribution in [0.3, 0.4) is 0 Å². The van der Waals surface area contributed by atoms with Gasteiger partial charge in [-0.2, -0.15) is 0 Å². The minimum atomic E-state index is -0.0199. The molecule has 0 atom stereocenters. The molecule has 1 N–H and O–H groups in total. The van der Waals surface area contributed by atoms with Crippen LogP contribution in [0.25, 0.3) is 11.0 Å². The number of carbonyl (C=O) groups is 1. The maximum atomic E-state index is 12.0. The third-order valence-corrected chi connectivity index (χ3v) is 3.79. The van der Waals surface area contributed by atoms with Gasteiger partial charge in [0, 0.05) is 18.0 Å². The molecule has 0 aromatic carbocycles. The summed E-state index contributed by atoms with van der Waals surface area (Å²) in [6, 6.07) is 5.96. The summed E-state index contributed by atoms with van der Waals surface area (Å²) in [4.78, 5) is 16.4. The maximum absolute atomic E-state index is 12.0. The second-order valence-electron chi connectivity index (χ2n) is 5.11. The molecule has 0 spiro atoms. The van der Waals surface area contributed by atoms with Gasteiger partial charge in [0.2, 0.25) is 5.91 Å². The highest BCUT2D eigenvalue weighted by atomic mass is 32.1. The third-order valence-electron chi connectivity index (χ3n) is 3.35. The molecule has 2 aromatic heterocycles. The van der Waals surface area contributed by atoms with E-state index < -0.39 is 0 Å². The molecule has 0 aliphatic heterocycles. The molecule has 0 fully saturated rings. The molecular formula is C16H21N3OS. The smallest absolute Gasteiger partial charge is 0.238 e. The van der Waals surface area contributed by atoms with Crippen LogP contribution in [0.1, 0.15) is 45.1 Å². The number of nitrogens with one attached hydrogen (secondary N) is 1. The molecule has 112 valence electrons. The standard InChI is InChI=1S/C16H21N3OS/c1-3-5-9-14(20)18-19-15-12(8-6-10-17-15)11-13(7-4-2)16(19)21/h6,8,10-11H,3-5,7,9H2,1-2H3,(H,18,20). The van der Waals surface area contributed by atoms with Gasteiger partial charge in [-0.05, 0) is 36.6 Å². The normalized spacial score (nSPS) is 10.8. The van der Waals surface area contributed by atoms with E-state index in [1.54, 1.807) is 10.9 Å². The number of carbonyl (C=O) groups excluding carboxylic acids is 1. The van der Waals surface area contributed by atoms with Gasteiger partial charge in [-0.3, -0.25) is 10.2 Å². The number of hydrogen-bond donors (Lipinski definition) is 1. The van der Waals surface area contributed by atoms with Gasteiger partial charge < -0.3 is 0 Å². The van der Waals surface area contributed by atoms with Crippen LogP contribution in [0.2, 0.25) is 0 Å². The molecule has 2 aromatic rings. The first-order valence-corrected chi connectivity index (χ1v) is 7.87. The van der Waals surface area contributed by atoms with Crippen molar-refractivity contribution in [2.75, 3.05) is 5.43 Å². The van der Waals surface area contributed by atoms with Gasteiger partial charge in [0.05, 0.1) is 0 Å². The second kappa shape index (κ2) is 7.31. The van der Waals surface area contributed by atoms with Gasteiger partial charge in [-0.1, -0.05) is 38.9 Å². The van der Waals surface area contributed by atoms with Crippen molar-refractivity contribution in [2.24, 2.45) is 0 Å². The van der Waals surface area contributed by atoms with Gasteiger partial charge in [0.1, 0.15) is 4.64 Å². The zero-order chi connectivity index (χ0) is 15.2. The summed E-state index contributed by atoms with van der Waals surface area (Å²) < 4.78 is 2.31. The first kappa shape index (κ1) is 15.6. The first-order valence-electron chi connectivity index (χ1n) is 7.46. The van der Waals surface area contributed by atoms with E-state index in [1.165, 1.54) is 0 Å². The Bertz CT molecular complexity index is 693. The fraction of sp³-hybridized carbons (Fsp3) is 0.438. The van der Waals surface area contributed by atoms with Crippen LogP contribution in [0.15, 0.2) is 24.4 Å². The summed E-state index contributed by atoms with van der Waals surface area (Å²) in [5.41, 5.74) is 4.67. The number of hydrogen-bond acceptors (Lipinski definition) is 3. The van der Waals surface area contributed by atoms with Crippen LogP contribution < -0.4 is 5.43 Å². The van der Waals surface area contributed by atoms with E-state index in [0.29, 0.717) is 16.7 Å². The zero-order valence-electron chi connectivity index (χ0n) is 12.6. The Labute approximate surface area is 130 Å². The third kappa shape index (κ3) is 3.67. The highest BCUT2D eigenvalue weighted by molar-refractivity contribution is 7.71. The van der Waals surface area contributed by atoms with E-state index in [-0.39, 0.29) is 5.91 Å². The second-order valence-corrected chi connectivity index (χ2v) is 5.50. The number of aryl methyl sites for hydroxylation is 1. The fourth-order valence-corrected chi connectivity index (χ4v) is 2.56. The van der Waals surface area contributed by atoms with E-state index in [4.69, 9.17) is 12.2 Å². The van der Waals surface area contributed by atoms with Crippen molar-refractivity contribution < 1.29 is 4.79 Å². The van der Waals surface area contributed by atoms with Crippen molar-refractivity contribution >= 4 is 29.2 Å². The van der Waals surface area contributed by atoms with E-state index >= 15 is 0 Å². The molecule has 0 aliphatic rings. The summed E-state index contributed by atoms with van der Waals surface area (Å²) in [6.45, 7) is 4.18. The van der Waals surface area contributed by atoms with Gasteiger partial charge >= 0.3 is 0 Å². The molecule has 0 saturated carbocycles. The average molecular weight is 303 g/mol. The molecule has 4 nitrogen and oxygen atoms in total. The predicted molar refractivity (Wildman–Crippen MR) is 88.5 cm³/mol. The molecule has 21 heavy (non-hydrogen) atoms. The minimum absolute atomic E-state index is 0.0199. The molecule has 0 unspecified atom stereocenters. The quantitative estimate of drug-likeness (QED) is 0.821. The van der Waals surface area contributed by atoms with Crippen molar-refractivity contribution in [2.45, 2.75) is 46.0 Å². The van der Waals surface area contributed by atoms with Crippen LogP contribution in [-0.4, -0.2) is 15.6 Å². The monoisotopic (exact) mass is 303 g/mol. The van der Waals surface area contributed by atoms with E-state index in [9.17, 15) is 4.79 Å². The lowest BCUT2D eigenvalue weighted by Crippen LogP contribution is -2.25. The SMILES string of the molecule is CCCCC(=O)Nn1c(=S)c(CCC)cc2cccnc21. The number of aromatic nitrogens is 2. The van der Waals surface area contributed by atoms with Crippen molar-refractivity contribution in [3.05, 3.63) is 34.6 Å². The Hall–Kier alpha value is -1.75. The van der Waals surface area contributed by atoms with E-state index in [1.807, 2.05) is 12.1 Å². The summed E-state index contributed by atoms with van der Waals surface area (Å²) in [5.74, 6) is -0.0199. The summed E-state index contributed by atoms with van der Waals surface area (Å²) >= 11 is 5.52. The average Bonchev–Trinajstić information content (AvgIpc) is 2.49. The predicted octanol–water partition coefficient (Wildman–Crippen LogP) is 3.98. The minimum Gasteiger partial charge on any atom is -0.273 e. The Morgan fingerprint density at radius 3 is 2.90 bits per heavy atom. The van der Waals surface area contributed by atoms with Gasteiger partial charge in [-0.25, -0.2) is 9.66 Å². The van der Waals surface area contributed by atoms with Crippen LogP contribution in [0.4, 0.5) is 0 Å². The van der Waals surface area contributed by atoms with Crippen LogP contribution in [0, 0.1) is 4.64 Å². The number of nitrogens with zero attached hydrogens (tertiary/aromatic N) is 2. The summed E-state index contributed by atoms with van der Waals surface area (Å²) in [5, 5.41) is 0.991. The molecule has 0 aliphatic carbocycles. The number of unbranched alkanes of at least 4 members (excludes halogenated alkanes) is 1. The van der Waals surface area contributed by atoms with Crippen LogP contribution in [0.5, 0.6) is 0 Å². The molecular weight excluding hydrogens is 282 g/mol. The fourth-order valence-electron chi connectivity index (χ4n) is 2.27. The summed E-state index contributed by atoms with van der Waals surface area (Å²) in [7, 11) is 0. The number of amides is 1. The Balaban J connectivity index is 2.46. The Morgan fingerprint density at radius 1 is 1.38 bits per heavy atom. The molecule has 0 bridgehead atoms. The largest absolute Gasteiger partial charge is 0.273 e. The maximum Gasteiger partial charge on any atom is 0.238 e. The lowest BCUT2D eigenvalue weighted by atomic mass is 10.1. The van der Waals surface area contributed by atoms with Crippen molar-refractivity contribution in [1.29, 1.82) is 0 Å². The molecule has 2 heterocycles. The van der Waals surface area contributed by atoms with Crippen LogP contribution >= 0.6 is 12.2 Å². The van der Waals surface area contributed by atoms with Gasteiger partial charge in [0.25, 0.3) is 0 Å². The van der Waals surface area contributed by atoms with E-state index in [0.717, 1.165) is 36.6 Å². The highest BCUT2D eigenvalue weighted by Gasteiger charge is 2.09. The lowest BCUT2D eigenvalue weighted by Gasteiger charge is -2.14. The molecule has 2 rings (SSSR count). The number of rotatable bonds is 6. The van der Waals surface area contributed by atoms with Crippen molar-refractivity contribution in [3.63, 3.8) is 0 Å². The molecule has 5 heteroatoms. The molecule has 0 radical (unpaired) electrons. The Morgan fingerprint density at radius 2 is 2.19 bits per heavy atom.